The molecule has 0 bridgehead atoms. The van der Waals surface area contributed by atoms with Crippen LogP contribution in [0, 0.1) is 38.5 Å². The predicted octanol–water partition coefficient (Wildman–Crippen LogP) is 3.52. The Kier molecular flexibility index (Phi) is 3.32. The van der Waals surface area contributed by atoms with E-state index in [-0.39, 0.29) is 0 Å². The third kappa shape index (κ3) is 2.32. The SMILES string of the molecule is C#Cc1ccc(C#C)c(-c2cc(C)c(N)c(C)c2)c1. The molecule has 0 atom stereocenters. The van der Waals surface area contributed by atoms with E-state index in [1.807, 2.05) is 44.2 Å². The number of aryl methyl sites for hydroxylation is 2. The van der Waals surface area contributed by atoms with Gasteiger partial charge in [0.25, 0.3) is 0 Å². The molecule has 2 rings (SSSR count). The molecule has 2 aromatic carbocycles. The van der Waals surface area contributed by atoms with Crippen LogP contribution in [0.5, 0.6) is 0 Å². The number of nitrogens with two attached hydrogens (primary N) is 1. The number of hydrogen-bond acceptors (Lipinski definition) is 1. The van der Waals surface area contributed by atoms with Crippen LogP contribution in [-0.4, -0.2) is 0 Å². The first-order valence-electron chi connectivity index (χ1n) is 6.01. The van der Waals surface area contributed by atoms with Gasteiger partial charge < -0.3 is 5.73 Å². The van der Waals surface area contributed by atoms with Crippen LogP contribution in [0.2, 0.25) is 0 Å². The van der Waals surface area contributed by atoms with E-state index in [9.17, 15) is 0 Å². The van der Waals surface area contributed by atoms with Crippen molar-refractivity contribution in [2.75, 3.05) is 5.73 Å². The first-order chi connectivity index (χ1) is 9.06. The summed E-state index contributed by atoms with van der Waals surface area (Å²) in [6.45, 7) is 3.98. The Bertz CT molecular complexity index is 701. The minimum atomic E-state index is 0.819. The lowest BCUT2D eigenvalue weighted by Crippen LogP contribution is -1.95. The summed E-state index contributed by atoms with van der Waals surface area (Å²) in [5, 5.41) is 0. The van der Waals surface area contributed by atoms with Gasteiger partial charge >= 0.3 is 0 Å². The van der Waals surface area contributed by atoms with E-state index in [0.29, 0.717) is 0 Å². The molecule has 0 fully saturated rings. The number of benzene rings is 2. The average molecular weight is 245 g/mol. The zero-order chi connectivity index (χ0) is 14.0. The standard InChI is InChI=1S/C18H15N/c1-5-14-7-8-15(6-2)17(11-14)16-9-12(3)18(19)13(4)10-16/h1-2,7-11H,19H2,3-4H3. The highest BCUT2D eigenvalue weighted by Gasteiger charge is 2.08. The molecule has 0 aliphatic carbocycles. The number of anilines is 1. The van der Waals surface area contributed by atoms with Crippen molar-refractivity contribution in [2.24, 2.45) is 0 Å². The Morgan fingerprint density at radius 2 is 1.58 bits per heavy atom. The number of hydrogen-bond donors (Lipinski definition) is 1. The summed E-state index contributed by atoms with van der Waals surface area (Å²) in [4.78, 5) is 0. The van der Waals surface area contributed by atoms with Crippen molar-refractivity contribution >= 4 is 5.69 Å². The van der Waals surface area contributed by atoms with Gasteiger partial charge in [0.2, 0.25) is 0 Å². The van der Waals surface area contributed by atoms with Crippen molar-refractivity contribution in [3.8, 4) is 35.8 Å². The van der Waals surface area contributed by atoms with Crippen molar-refractivity contribution in [1.29, 1.82) is 0 Å². The van der Waals surface area contributed by atoms with Gasteiger partial charge in [0, 0.05) is 16.8 Å². The van der Waals surface area contributed by atoms with Crippen LogP contribution in [0.1, 0.15) is 22.3 Å². The molecule has 0 aliphatic heterocycles. The van der Waals surface area contributed by atoms with Gasteiger partial charge in [-0.3, -0.25) is 0 Å². The summed E-state index contributed by atoms with van der Waals surface area (Å²) in [5.74, 6) is 5.33. The highest BCUT2D eigenvalue weighted by atomic mass is 14.6. The maximum atomic E-state index is 5.98. The Hall–Kier alpha value is -2.64. The van der Waals surface area contributed by atoms with Gasteiger partial charge in [-0.05, 0) is 66.4 Å². The van der Waals surface area contributed by atoms with Gasteiger partial charge in [0.1, 0.15) is 0 Å². The van der Waals surface area contributed by atoms with Crippen molar-refractivity contribution in [1.82, 2.24) is 0 Å². The molecule has 0 aromatic heterocycles. The van der Waals surface area contributed by atoms with E-state index >= 15 is 0 Å². The molecule has 19 heavy (non-hydrogen) atoms. The first-order valence-corrected chi connectivity index (χ1v) is 6.01. The molecule has 1 heteroatoms. The molecule has 0 saturated heterocycles. The van der Waals surface area contributed by atoms with Crippen LogP contribution in [-0.2, 0) is 0 Å². The third-order valence-electron chi connectivity index (χ3n) is 3.25. The lowest BCUT2D eigenvalue weighted by atomic mass is 9.94. The first kappa shape index (κ1) is 12.8. The molecule has 92 valence electrons. The van der Waals surface area contributed by atoms with Crippen LogP contribution in [0.15, 0.2) is 30.3 Å². The van der Waals surface area contributed by atoms with Crippen molar-refractivity contribution in [2.45, 2.75) is 13.8 Å². The van der Waals surface area contributed by atoms with Gasteiger partial charge in [0.05, 0.1) is 0 Å². The molecular formula is C18H15N. The molecule has 2 aromatic rings. The minimum Gasteiger partial charge on any atom is -0.398 e. The minimum absolute atomic E-state index is 0.819. The smallest absolute Gasteiger partial charge is 0.0373 e. The maximum Gasteiger partial charge on any atom is 0.0373 e. The van der Waals surface area contributed by atoms with Gasteiger partial charge in [-0.2, -0.15) is 0 Å². The molecule has 0 saturated carbocycles. The quantitative estimate of drug-likeness (QED) is 0.604. The third-order valence-corrected chi connectivity index (χ3v) is 3.25. The summed E-state index contributed by atoms with van der Waals surface area (Å²) >= 11 is 0. The number of nitrogen functional groups attached to an aromatic ring is 1. The van der Waals surface area contributed by atoms with Gasteiger partial charge in [-0.25, -0.2) is 0 Å². The fourth-order valence-electron chi connectivity index (χ4n) is 2.13. The average Bonchev–Trinajstić information content (AvgIpc) is 2.43. The van der Waals surface area contributed by atoms with E-state index < -0.39 is 0 Å². The second-order valence-electron chi connectivity index (χ2n) is 4.57. The number of rotatable bonds is 1. The molecule has 0 unspecified atom stereocenters. The van der Waals surface area contributed by atoms with Gasteiger partial charge in [-0.1, -0.05) is 11.8 Å². The highest BCUT2D eigenvalue weighted by molar-refractivity contribution is 5.76. The zero-order valence-corrected chi connectivity index (χ0v) is 11.1. The predicted molar refractivity (Wildman–Crippen MR) is 81.6 cm³/mol. The largest absolute Gasteiger partial charge is 0.398 e. The van der Waals surface area contributed by atoms with Crippen LogP contribution < -0.4 is 5.73 Å². The van der Waals surface area contributed by atoms with E-state index in [0.717, 1.165) is 39.1 Å². The molecule has 0 aliphatic rings. The summed E-state index contributed by atoms with van der Waals surface area (Å²) in [6, 6.07) is 9.76. The van der Waals surface area contributed by atoms with Gasteiger partial charge in [0.15, 0.2) is 0 Å². The van der Waals surface area contributed by atoms with Crippen molar-refractivity contribution < 1.29 is 0 Å². The van der Waals surface area contributed by atoms with Crippen LogP contribution in [0.4, 0.5) is 5.69 Å². The molecule has 2 N–H and O–H groups in total. The van der Waals surface area contributed by atoms with Crippen LogP contribution >= 0.6 is 0 Å². The molecular weight excluding hydrogens is 230 g/mol. The Balaban J connectivity index is 2.72. The number of terminal acetylenes is 2. The lowest BCUT2D eigenvalue weighted by Gasteiger charge is -2.11. The fourth-order valence-corrected chi connectivity index (χ4v) is 2.13. The van der Waals surface area contributed by atoms with E-state index in [1.165, 1.54) is 0 Å². The summed E-state index contributed by atoms with van der Waals surface area (Å²) in [6.07, 6.45) is 11.0. The molecule has 0 heterocycles. The molecule has 0 radical (unpaired) electrons. The molecule has 0 amide bonds. The van der Waals surface area contributed by atoms with E-state index in [4.69, 9.17) is 18.6 Å². The zero-order valence-electron chi connectivity index (χ0n) is 11.1. The second kappa shape index (κ2) is 4.92. The maximum absolute atomic E-state index is 5.98. The summed E-state index contributed by atoms with van der Waals surface area (Å²) in [5.41, 5.74) is 12.6. The Morgan fingerprint density at radius 1 is 0.947 bits per heavy atom. The van der Waals surface area contributed by atoms with Gasteiger partial charge in [-0.15, -0.1) is 12.8 Å². The van der Waals surface area contributed by atoms with E-state index in [1.54, 1.807) is 0 Å². The Morgan fingerprint density at radius 3 is 2.11 bits per heavy atom. The van der Waals surface area contributed by atoms with Crippen molar-refractivity contribution in [3.63, 3.8) is 0 Å². The fraction of sp³-hybridized carbons (Fsp3) is 0.111. The van der Waals surface area contributed by atoms with Crippen LogP contribution in [0.3, 0.4) is 0 Å². The van der Waals surface area contributed by atoms with Crippen LogP contribution in [0.25, 0.3) is 11.1 Å². The summed E-state index contributed by atoms with van der Waals surface area (Å²) in [7, 11) is 0. The lowest BCUT2D eigenvalue weighted by molar-refractivity contribution is 1.38. The normalized spacial score (nSPS) is 9.68. The molecule has 0 spiro atoms. The summed E-state index contributed by atoms with van der Waals surface area (Å²) < 4.78 is 0. The molecule has 1 nitrogen and oxygen atoms in total. The van der Waals surface area contributed by atoms with E-state index in [2.05, 4.69) is 11.8 Å². The second-order valence-corrected chi connectivity index (χ2v) is 4.57. The van der Waals surface area contributed by atoms with Crippen molar-refractivity contribution in [3.05, 3.63) is 52.6 Å². The highest BCUT2D eigenvalue weighted by Crippen LogP contribution is 2.29. The topological polar surface area (TPSA) is 26.0 Å². The monoisotopic (exact) mass is 245 g/mol. The Labute approximate surface area is 114 Å².